The molecule has 0 saturated heterocycles. The number of nitrogen functional groups attached to an aromatic ring is 1. The lowest BCUT2D eigenvalue weighted by atomic mass is 10.3. The molecule has 1 heterocycles. The number of rotatable bonds is 5. The number of pyridine rings is 1. The third kappa shape index (κ3) is 3.78. The quantitative estimate of drug-likeness (QED) is 0.843. The lowest BCUT2D eigenvalue weighted by Gasteiger charge is -2.21. The standard InChI is InChI=1S/C10H12ClF2N3O2/c11-6-1-2-8(14)15-9(6)10(18)16(3-4-17)5-7(12)13/h1-2,7,17H,3-5H2,(H2,14,15). The molecule has 1 aromatic rings. The van der Waals surface area contributed by atoms with E-state index < -0.39 is 25.5 Å². The molecule has 8 heteroatoms. The van der Waals surface area contributed by atoms with Crippen LogP contribution in [-0.4, -0.2) is 47.0 Å². The molecule has 0 unspecified atom stereocenters. The summed E-state index contributed by atoms with van der Waals surface area (Å²) in [5.41, 5.74) is 5.20. The third-order valence-corrected chi connectivity index (χ3v) is 2.39. The molecule has 1 amide bonds. The van der Waals surface area contributed by atoms with E-state index in [0.717, 1.165) is 4.90 Å². The van der Waals surface area contributed by atoms with Crippen molar-refractivity contribution < 1.29 is 18.7 Å². The molecule has 0 atom stereocenters. The van der Waals surface area contributed by atoms with Crippen LogP contribution in [0.2, 0.25) is 5.02 Å². The van der Waals surface area contributed by atoms with Gasteiger partial charge in [-0.1, -0.05) is 11.6 Å². The molecule has 0 aliphatic carbocycles. The molecule has 1 rings (SSSR count). The average molecular weight is 280 g/mol. The second-order valence-electron chi connectivity index (χ2n) is 3.43. The van der Waals surface area contributed by atoms with E-state index >= 15 is 0 Å². The lowest BCUT2D eigenvalue weighted by molar-refractivity contribution is 0.0504. The highest BCUT2D eigenvalue weighted by atomic mass is 35.5. The van der Waals surface area contributed by atoms with Gasteiger partial charge in [0.05, 0.1) is 18.2 Å². The van der Waals surface area contributed by atoms with Gasteiger partial charge in [0.1, 0.15) is 11.5 Å². The van der Waals surface area contributed by atoms with Crippen LogP contribution < -0.4 is 5.73 Å². The molecule has 0 aliphatic rings. The van der Waals surface area contributed by atoms with Crippen molar-refractivity contribution in [3.05, 3.63) is 22.8 Å². The molecule has 0 spiro atoms. The second-order valence-corrected chi connectivity index (χ2v) is 3.84. The summed E-state index contributed by atoms with van der Waals surface area (Å²) in [6.45, 7) is -1.46. The Labute approximate surface area is 107 Å². The Morgan fingerprint density at radius 2 is 2.22 bits per heavy atom. The van der Waals surface area contributed by atoms with Gasteiger partial charge >= 0.3 is 0 Å². The van der Waals surface area contributed by atoms with Gasteiger partial charge in [-0.05, 0) is 12.1 Å². The molecule has 5 nitrogen and oxygen atoms in total. The third-order valence-electron chi connectivity index (χ3n) is 2.09. The Bertz CT molecular complexity index is 432. The Hall–Kier alpha value is -1.47. The van der Waals surface area contributed by atoms with Gasteiger partial charge in [-0.25, -0.2) is 13.8 Å². The van der Waals surface area contributed by atoms with E-state index in [-0.39, 0.29) is 23.1 Å². The first-order valence-electron chi connectivity index (χ1n) is 5.06. The Morgan fingerprint density at radius 1 is 1.56 bits per heavy atom. The second kappa shape index (κ2) is 6.46. The van der Waals surface area contributed by atoms with E-state index in [4.69, 9.17) is 22.4 Å². The number of alkyl halides is 2. The van der Waals surface area contributed by atoms with E-state index in [2.05, 4.69) is 4.98 Å². The zero-order valence-corrected chi connectivity index (χ0v) is 10.1. The van der Waals surface area contributed by atoms with Crippen LogP contribution in [0, 0.1) is 0 Å². The number of nitrogens with zero attached hydrogens (tertiary/aromatic N) is 2. The van der Waals surface area contributed by atoms with E-state index in [1.165, 1.54) is 12.1 Å². The molecular formula is C10H12ClF2N3O2. The zero-order valence-electron chi connectivity index (χ0n) is 9.31. The van der Waals surface area contributed by atoms with Crippen molar-refractivity contribution in [1.29, 1.82) is 0 Å². The first-order valence-corrected chi connectivity index (χ1v) is 5.43. The molecule has 18 heavy (non-hydrogen) atoms. The van der Waals surface area contributed by atoms with Crippen molar-refractivity contribution in [1.82, 2.24) is 9.88 Å². The average Bonchev–Trinajstić information content (AvgIpc) is 2.30. The normalized spacial score (nSPS) is 10.7. The first kappa shape index (κ1) is 14.6. The number of aromatic nitrogens is 1. The molecule has 3 N–H and O–H groups in total. The zero-order chi connectivity index (χ0) is 13.7. The monoisotopic (exact) mass is 279 g/mol. The van der Waals surface area contributed by atoms with E-state index in [1.54, 1.807) is 0 Å². The topological polar surface area (TPSA) is 79.5 Å². The minimum absolute atomic E-state index is 0.0198. The molecule has 0 radical (unpaired) electrons. The maximum absolute atomic E-state index is 12.3. The predicted molar refractivity (Wildman–Crippen MR) is 62.7 cm³/mol. The number of carbonyl (C=O) groups is 1. The van der Waals surface area contributed by atoms with Gasteiger partial charge in [0, 0.05) is 6.54 Å². The van der Waals surface area contributed by atoms with Gasteiger partial charge < -0.3 is 15.7 Å². The van der Waals surface area contributed by atoms with Crippen LogP contribution in [0.5, 0.6) is 0 Å². The Balaban J connectivity index is 2.97. The Kier molecular flexibility index (Phi) is 5.24. The minimum Gasteiger partial charge on any atom is -0.395 e. The number of carbonyl (C=O) groups excluding carboxylic acids is 1. The minimum atomic E-state index is -2.71. The number of hydrogen-bond acceptors (Lipinski definition) is 4. The number of nitrogens with two attached hydrogens (primary N) is 1. The number of aliphatic hydroxyl groups excluding tert-OH is 1. The number of halogens is 3. The smallest absolute Gasteiger partial charge is 0.274 e. The van der Waals surface area contributed by atoms with Gasteiger partial charge in [-0.3, -0.25) is 4.79 Å². The fourth-order valence-electron chi connectivity index (χ4n) is 1.32. The maximum atomic E-state index is 12.3. The summed E-state index contributed by atoms with van der Waals surface area (Å²) >= 11 is 5.76. The summed E-state index contributed by atoms with van der Waals surface area (Å²) in [5, 5.41) is 8.77. The van der Waals surface area contributed by atoms with Crippen LogP contribution in [0.1, 0.15) is 10.5 Å². The molecule has 0 bridgehead atoms. The summed E-state index contributed by atoms with van der Waals surface area (Å²) in [6, 6.07) is 2.75. The summed E-state index contributed by atoms with van der Waals surface area (Å²) < 4.78 is 24.6. The highest BCUT2D eigenvalue weighted by Crippen LogP contribution is 2.17. The summed E-state index contributed by atoms with van der Waals surface area (Å²) in [4.78, 5) is 16.4. The number of aliphatic hydroxyl groups is 1. The van der Waals surface area contributed by atoms with Gasteiger partial charge in [0.2, 0.25) is 0 Å². The highest BCUT2D eigenvalue weighted by molar-refractivity contribution is 6.33. The number of anilines is 1. The van der Waals surface area contributed by atoms with Crippen molar-refractivity contribution in [2.45, 2.75) is 6.43 Å². The molecule has 1 aromatic heterocycles. The predicted octanol–water partition coefficient (Wildman–Crippen LogP) is 1.02. The molecular weight excluding hydrogens is 268 g/mol. The van der Waals surface area contributed by atoms with Crippen molar-refractivity contribution >= 4 is 23.3 Å². The molecule has 0 aliphatic heterocycles. The number of hydrogen-bond donors (Lipinski definition) is 2. The van der Waals surface area contributed by atoms with Crippen molar-refractivity contribution in [3.8, 4) is 0 Å². The van der Waals surface area contributed by atoms with Crippen LogP contribution in [0.4, 0.5) is 14.6 Å². The van der Waals surface area contributed by atoms with Crippen molar-refractivity contribution in [2.24, 2.45) is 0 Å². The van der Waals surface area contributed by atoms with E-state index in [9.17, 15) is 13.6 Å². The van der Waals surface area contributed by atoms with Crippen LogP contribution in [0.3, 0.4) is 0 Å². The molecule has 100 valence electrons. The Morgan fingerprint density at radius 3 is 2.78 bits per heavy atom. The number of amides is 1. The summed E-state index contributed by atoms with van der Waals surface area (Å²) in [7, 11) is 0. The van der Waals surface area contributed by atoms with Crippen LogP contribution in [-0.2, 0) is 0 Å². The molecule has 0 aromatic carbocycles. The fourth-order valence-corrected chi connectivity index (χ4v) is 1.51. The maximum Gasteiger partial charge on any atom is 0.274 e. The van der Waals surface area contributed by atoms with Gasteiger partial charge in [0.15, 0.2) is 0 Å². The van der Waals surface area contributed by atoms with E-state index in [0.29, 0.717) is 0 Å². The van der Waals surface area contributed by atoms with Crippen LogP contribution in [0.15, 0.2) is 12.1 Å². The van der Waals surface area contributed by atoms with Gasteiger partial charge in [-0.2, -0.15) is 0 Å². The van der Waals surface area contributed by atoms with E-state index in [1.807, 2.05) is 0 Å². The molecule has 0 saturated carbocycles. The lowest BCUT2D eigenvalue weighted by Crippen LogP contribution is -2.37. The summed E-state index contributed by atoms with van der Waals surface area (Å²) in [6.07, 6.45) is -2.71. The summed E-state index contributed by atoms with van der Waals surface area (Å²) in [5.74, 6) is -0.731. The van der Waals surface area contributed by atoms with Gasteiger partial charge in [0.25, 0.3) is 12.3 Å². The van der Waals surface area contributed by atoms with Crippen LogP contribution >= 0.6 is 11.6 Å². The fraction of sp³-hybridized carbons (Fsp3) is 0.400. The first-order chi connectivity index (χ1) is 8.45. The van der Waals surface area contributed by atoms with Gasteiger partial charge in [-0.15, -0.1) is 0 Å². The SMILES string of the molecule is Nc1ccc(Cl)c(C(=O)N(CCO)CC(F)F)n1. The van der Waals surface area contributed by atoms with Crippen LogP contribution in [0.25, 0.3) is 0 Å². The van der Waals surface area contributed by atoms with Crippen molar-refractivity contribution in [2.75, 3.05) is 25.4 Å². The molecule has 0 fully saturated rings. The largest absolute Gasteiger partial charge is 0.395 e. The highest BCUT2D eigenvalue weighted by Gasteiger charge is 2.22. The van der Waals surface area contributed by atoms with Crippen molar-refractivity contribution in [3.63, 3.8) is 0 Å².